The monoisotopic (exact) mass is 389 g/mol. The third-order valence-corrected chi connectivity index (χ3v) is 5.24. The van der Waals surface area contributed by atoms with Gasteiger partial charge in [0.05, 0.1) is 23.1 Å². The van der Waals surface area contributed by atoms with Gasteiger partial charge in [0, 0.05) is 23.2 Å². The molecule has 0 spiro atoms. The van der Waals surface area contributed by atoms with E-state index in [0.717, 1.165) is 41.1 Å². The number of aromatic nitrogens is 1. The van der Waals surface area contributed by atoms with Crippen LogP contribution in [0.4, 0.5) is 15.8 Å². The van der Waals surface area contributed by atoms with E-state index < -0.39 is 15.8 Å². The molecular formula is C20H24FN3O2S. The second-order valence-corrected chi connectivity index (χ2v) is 8.68. The molecule has 0 saturated carbocycles. The largest absolute Gasteiger partial charge is 0.396 e. The van der Waals surface area contributed by atoms with Gasteiger partial charge in [-0.3, -0.25) is 4.72 Å². The Bertz CT molecular complexity index is 1090. The van der Waals surface area contributed by atoms with Gasteiger partial charge < -0.3 is 10.3 Å². The standard InChI is InChI=1S/C20H24FN3O2S/c1-4-5-13(2)24-12-17(14-6-9-19(22)18(21)10-14)16-8-7-15(11-20(16)24)23-27(3,25)26/h6-13,23H,4-5,22H2,1-3H3/t13-/m0/s1. The van der Waals surface area contributed by atoms with Crippen molar-refractivity contribution in [2.24, 2.45) is 0 Å². The number of hydrogen-bond donors (Lipinski definition) is 2. The molecule has 0 unspecified atom stereocenters. The van der Waals surface area contributed by atoms with Gasteiger partial charge in [-0.15, -0.1) is 0 Å². The van der Waals surface area contributed by atoms with Gasteiger partial charge in [0.2, 0.25) is 10.0 Å². The molecule has 0 aliphatic heterocycles. The van der Waals surface area contributed by atoms with Crippen LogP contribution in [0.15, 0.2) is 42.6 Å². The van der Waals surface area contributed by atoms with Crippen LogP contribution in [-0.2, 0) is 10.0 Å². The second-order valence-electron chi connectivity index (χ2n) is 6.93. The lowest BCUT2D eigenvalue weighted by Crippen LogP contribution is -2.09. The van der Waals surface area contributed by atoms with Crippen molar-refractivity contribution in [2.75, 3.05) is 16.7 Å². The van der Waals surface area contributed by atoms with E-state index in [0.29, 0.717) is 5.69 Å². The molecule has 0 radical (unpaired) electrons. The zero-order valence-electron chi connectivity index (χ0n) is 15.7. The van der Waals surface area contributed by atoms with Gasteiger partial charge in [-0.2, -0.15) is 0 Å². The molecule has 3 rings (SSSR count). The summed E-state index contributed by atoms with van der Waals surface area (Å²) >= 11 is 0. The average Bonchev–Trinajstić information content (AvgIpc) is 2.95. The molecule has 2 aromatic carbocycles. The Balaban J connectivity index is 2.21. The molecule has 3 aromatic rings. The van der Waals surface area contributed by atoms with Crippen LogP contribution < -0.4 is 10.5 Å². The summed E-state index contributed by atoms with van der Waals surface area (Å²) in [7, 11) is -3.37. The molecule has 1 aromatic heterocycles. The molecule has 0 aliphatic rings. The number of nitrogen functional groups attached to an aromatic ring is 1. The zero-order valence-corrected chi connectivity index (χ0v) is 16.5. The molecule has 0 amide bonds. The number of fused-ring (bicyclic) bond motifs is 1. The third-order valence-electron chi connectivity index (χ3n) is 4.63. The molecule has 0 saturated heterocycles. The molecular weight excluding hydrogens is 365 g/mol. The molecule has 27 heavy (non-hydrogen) atoms. The predicted octanol–water partition coefficient (Wildman–Crippen LogP) is 4.76. The van der Waals surface area contributed by atoms with Gasteiger partial charge in [0.1, 0.15) is 5.82 Å². The molecule has 1 heterocycles. The highest BCUT2D eigenvalue weighted by atomic mass is 32.2. The lowest BCUT2D eigenvalue weighted by atomic mass is 10.0. The average molecular weight is 389 g/mol. The number of hydrogen-bond acceptors (Lipinski definition) is 3. The smallest absolute Gasteiger partial charge is 0.229 e. The first-order valence-electron chi connectivity index (χ1n) is 8.87. The van der Waals surface area contributed by atoms with Crippen LogP contribution >= 0.6 is 0 Å². The van der Waals surface area contributed by atoms with E-state index in [1.54, 1.807) is 18.2 Å². The fourth-order valence-corrected chi connectivity index (χ4v) is 3.93. The highest BCUT2D eigenvalue weighted by molar-refractivity contribution is 7.92. The fraction of sp³-hybridized carbons (Fsp3) is 0.300. The van der Waals surface area contributed by atoms with Crippen molar-refractivity contribution in [1.29, 1.82) is 0 Å². The molecule has 0 aliphatic carbocycles. The third kappa shape index (κ3) is 4.08. The summed E-state index contributed by atoms with van der Waals surface area (Å²) in [4.78, 5) is 0. The van der Waals surface area contributed by atoms with Crippen LogP contribution in [-0.4, -0.2) is 19.2 Å². The summed E-state index contributed by atoms with van der Waals surface area (Å²) in [6.07, 6.45) is 5.12. The van der Waals surface area contributed by atoms with Crippen molar-refractivity contribution < 1.29 is 12.8 Å². The fourth-order valence-electron chi connectivity index (χ4n) is 3.37. The first-order valence-corrected chi connectivity index (χ1v) is 10.8. The van der Waals surface area contributed by atoms with Gasteiger partial charge >= 0.3 is 0 Å². The van der Waals surface area contributed by atoms with Gasteiger partial charge in [0.15, 0.2) is 0 Å². The van der Waals surface area contributed by atoms with Crippen LogP contribution in [0.2, 0.25) is 0 Å². The van der Waals surface area contributed by atoms with E-state index in [1.807, 2.05) is 18.3 Å². The number of nitrogens with one attached hydrogen (secondary N) is 1. The van der Waals surface area contributed by atoms with Gasteiger partial charge in [0.25, 0.3) is 0 Å². The maximum atomic E-state index is 14.0. The van der Waals surface area contributed by atoms with Crippen LogP contribution in [0.1, 0.15) is 32.7 Å². The topological polar surface area (TPSA) is 77.1 Å². The normalized spacial score (nSPS) is 13.0. The maximum Gasteiger partial charge on any atom is 0.229 e. The van der Waals surface area contributed by atoms with Crippen LogP contribution in [0.5, 0.6) is 0 Å². The maximum absolute atomic E-state index is 14.0. The molecule has 0 fully saturated rings. The molecule has 0 bridgehead atoms. The molecule has 1 atom stereocenters. The quantitative estimate of drug-likeness (QED) is 0.597. The number of sulfonamides is 1. The molecule has 7 heteroatoms. The highest BCUT2D eigenvalue weighted by Gasteiger charge is 2.16. The van der Waals surface area contributed by atoms with Crippen molar-refractivity contribution in [3.8, 4) is 11.1 Å². The highest BCUT2D eigenvalue weighted by Crippen LogP contribution is 2.36. The Morgan fingerprint density at radius 1 is 1.22 bits per heavy atom. The lowest BCUT2D eigenvalue weighted by Gasteiger charge is -2.14. The van der Waals surface area contributed by atoms with E-state index in [-0.39, 0.29) is 11.7 Å². The number of benzene rings is 2. The summed E-state index contributed by atoms with van der Waals surface area (Å²) in [5.41, 5.74) is 8.74. The van der Waals surface area contributed by atoms with Crippen molar-refractivity contribution in [1.82, 2.24) is 4.57 Å². The van der Waals surface area contributed by atoms with Crippen LogP contribution in [0, 0.1) is 5.82 Å². The van der Waals surface area contributed by atoms with Crippen molar-refractivity contribution >= 4 is 32.3 Å². The first kappa shape index (κ1) is 19.2. The molecule has 144 valence electrons. The minimum Gasteiger partial charge on any atom is -0.396 e. The zero-order chi connectivity index (χ0) is 19.8. The number of nitrogens with two attached hydrogens (primary N) is 1. The molecule has 3 N–H and O–H groups in total. The van der Waals surface area contributed by atoms with Crippen molar-refractivity contribution in [3.05, 3.63) is 48.4 Å². The summed E-state index contributed by atoms with van der Waals surface area (Å²) < 4.78 is 41.8. The van der Waals surface area contributed by atoms with Gasteiger partial charge in [-0.05, 0) is 43.2 Å². The number of anilines is 2. The SMILES string of the molecule is CCC[C@H](C)n1cc(-c2ccc(N)c(F)c2)c2ccc(NS(C)(=O)=O)cc21. The van der Waals surface area contributed by atoms with Crippen LogP contribution in [0.25, 0.3) is 22.0 Å². The van der Waals surface area contributed by atoms with E-state index in [1.165, 1.54) is 6.07 Å². The Morgan fingerprint density at radius 3 is 2.59 bits per heavy atom. The summed E-state index contributed by atoms with van der Waals surface area (Å²) in [6.45, 7) is 4.24. The lowest BCUT2D eigenvalue weighted by molar-refractivity contribution is 0.515. The number of rotatable bonds is 6. The first-order chi connectivity index (χ1) is 12.7. The van der Waals surface area contributed by atoms with E-state index >= 15 is 0 Å². The molecule has 5 nitrogen and oxygen atoms in total. The van der Waals surface area contributed by atoms with Crippen LogP contribution in [0.3, 0.4) is 0 Å². The Labute approximate surface area is 159 Å². The van der Waals surface area contributed by atoms with Crippen molar-refractivity contribution in [2.45, 2.75) is 32.7 Å². The number of halogens is 1. The summed E-state index contributed by atoms with van der Waals surface area (Å²) in [5.74, 6) is -0.453. The van der Waals surface area contributed by atoms with E-state index in [9.17, 15) is 12.8 Å². The Hall–Kier alpha value is -2.54. The van der Waals surface area contributed by atoms with E-state index in [2.05, 4.69) is 23.1 Å². The minimum absolute atomic E-state index is 0.112. The van der Waals surface area contributed by atoms with E-state index in [4.69, 9.17) is 5.73 Å². The number of nitrogens with zero attached hydrogens (tertiary/aromatic N) is 1. The van der Waals surface area contributed by atoms with Gasteiger partial charge in [-0.25, -0.2) is 12.8 Å². The van der Waals surface area contributed by atoms with Crippen molar-refractivity contribution in [3.63, 3.8) is 0 Å². The Morgan fingerprint density at radius 2 is 1.96 bits per heavy atom. The predicted molar refractivity (Wildman–Crippen MR) is 110 cm³/mol. The second kappa shape index (κ2) is 7.23. The summed E-state index contributed by atoms with van der Waals surface area (Å²) in [5, 5.41) is 0.932. The van der Waals surface area contributed by atoms with Gasteiger partial charge in [-0.1, -0.05) is 25.5 Å². The Kier molecular flexibility index (Phi) is 5.15. The minimum atomic E-state index is -3.37. The summed E-state index contributed by atoms with van der Waals surface area (Å²) in [6, 6.07) is 10.4.